The van der Waals surface area contributed by atoms with Crippen molar-refractivity contribution in [1.29, 1.82) is 0 Å². The van der Waals surface area contributed by atoms with Crippen LogP contribution >= 0.6 is 0 Å². The van der Waals surface area contributed by atoms with Crippen LogP contribution in [0.2, 0.25) is 0 Å². The number of sulfone groups is 1. The summed E-state index contributed by atoms with van der Waals surface area (Å²) in [5, 5.41) is 2.91. The normalized spacial score (nSPS) is 19.7. The highest BCUT2D eigenvalue weighted by molar-refractivity contribution is 7.90. The fourth-order valence-electron chi connectivity index (χ4n) is 2.98. The summed E-state index contributed by atoms with van der Waals surface area (Å²) >= 11 is 0. The summed E-state index contributed by atoms with van der Waals surface area (Å²) in [5.74, 6) is -0.0175. The molecule has 1 saturated heterocycles. The van der Waals surface area contributed by atoms with Gasteiger partial charge in [-0.2, -0.15) is 0 Å². The zero-order valence-corrected chi connectivity index (χ0v) is 15.1. The highest BCUT2D eigenvalue weighted by Gasteiger charge is 2.38. The third kappa shape index (κ3) is 4.12. The van der Waals surface area contributed by atoms with E-state index >= 15 is 0 Å². The van der Waals surface area contributed by atoms with E-state index < -0.39 is 9.84 Å². The number of carbonyl (C=O) groups is 1. The molecule has 1 aliphatic rings. The molecule has 0 spiro atoms. The molecule has 0 bridgehead atoms. The first-order valence-electron chi connectivity index (χ1n) is 8.03. The molecule has 1 N–H and O–H groups in total. The number of hydrogen-bond donors (Lipinski definition) is 1. The van der Waals surface area contributed by atoms with Crippen LogP contribution < -0.4 is 5.32 Å². The number of amides is 1. The predicted molar refractivity (Wildman–Crippen MR) is 92.3 cm³/mol. The van der Waals surface area contributed by atoms with Gasteiger partial charge in [0.05, 0.1) is 10.9 Å². The van der Waals surface area contributed by atoms with Gasteiger partial charge in [0.1, 0.15) is 0 Å². The Morgan fingerprint density at radius 1 is 1.30 bits per heavy atom. The minimum atomic E-state index is -3.22. The molecule has 1 aromatic rings. The van der Waals surface area contributed by atoms with Crippen LogP contribution in [0.15, 0.2) is 29.2 Å². The fraction of sp³-hybridized carbons (Fsp3) is 0.588. The molecule has 0 saturated carbocycles. The number of nitrogens with zero attached hydrogens (tertiary/aromatic N) is 1. The second-order valence-corrected chi connectivity index (χ2v) is 8.82. The van der Waals surface area contributed by atoms with E-state index in [9.17, 15) is 13.2 Å². The maximum atomic E-state index is 12.6. The molecule has 0 radical (unpaired) electrons. The number of anilines is 1. The molecule has 6 heteroatoms. The van der Waals surface area contributed by atoms with Crippen molar-refractivity contribution in [3.05, 3.63) is 24.3 Å². The van der Waals surface area contributed by atoms with Gasteiger partial charge in [-0.05, 0) is 63.9 Å². The number of nitrogens with one attached hydrogen (secondary N) is 1. The lowest BCUT2D eigenvalue weighted by Crippen LogP contribution is -2.50. The lowest BCUT2D eigenvalue weighted by atomic mass is 9.98. The van der Waals surface area contributed by atoms with Crippen LogP contribution in [0.3, 0.4) is 0 Å². The van der Waals surface area contributed by atoms with E-state index in [1.807, 2.05) is 0 Å². The summed E-state index contributed by atoms with van der Waals surface area (Å²) in [6, 6.07) is 6.19. The monoisotopic (exact) mass is 338 g/mol. The van der Waals surface area contributed by atoms with Crippen LogP contribution in [0.5, 0.6) is 0 Å². The van der Waals surface area contributed by atoms with Gasteiger partial charge in [-0.3, -0.25) is 9.69 Å². The lowest BCUT2D eigenvalue weighted by Gasteiger charge is -2.38. The summed E-state index contributed by atoms with van der Waals surface area (Å²) < 4.78 is 22.9. The van der Waals surface area contributed by atoms with Crippen LogP contribution in [-0.2, 0) is 14.6 Å². The van der Waals surface area contributed by atoms with Gasteiger partial charge in [0, 0.05) is 17.5 Å². The van der Waals surface area contributed by atoms with E-state index in [-0.39, 0.29) is 22.4 Å². The van der Waals surface area contributed by atoms with E-state index in [4.69, 9.17) is 0 Å². The van der Waals surface area contributed by atoms with Crippen LogP contribution in [0.25, 0.3) is 0 Å². The molecule has 1 amide bonds. The van der Waals surface area contributed by atoms with Crippen molar-refractivity contribution in [2.45, 2.75) is 56.5 Å². The van der Waals surface area contributed by atoms with E-state index in [1.165, 1.54) is 18.4 Å². The van der Waals surface area contributed by atoms with Crippen molar-refractivity contribution < 1.29 is 13.2 Å². The second kappa shape index (κ2) is 6.61. The van der Waals surface area contributed by atoms with Gasteiger partial charge in [-0.15, -0.1) is 0 Å². The first-order valence-corrected chi connectivity index (χ1v) is 9.92. The van der Waals surface area contributed by atoms with Gasteiger partial charge in [-0.25, -0.2) is 8.42 Å². The van der Waals surface area contributed by atoms with Crippen molar-refractivity contribution in [3.63, 3.8) is 0 Å². The zero-order chi connectivity index (χ0) is 17.3. The molecular weight excluding hydrogens is 312 g/mol. The largest absolute Gasteiger partial charge is 0.325 e. The number of carbonyl (C=O) groups excluding carboxylic acids is 1. The molecule has 1 aliphatic heterocycles. The summed E-state index contributed by atoms with van der Waals surface area (Å²) in [7, 11) is -3.22. The highest BCUT2D eigenvalue weighted by atomic mass is 32.2. The average Bonchev–Trinajstić information content (AvgIpc) is 2.97. The third-order valence-corrected chi connectivity index (χ3v) is 5.88. The molecule has 1 unspecified atom stereocenters. The van der Waals surface area contributed by atoms with E-state index in [2.05, 4.69) is 31.0 Å². The number of likely N-dealkylation sites (tertiary alicyclic amines) is 1. The molecule has 128 valence electrons. The maximum Gasteiger partial charge on any atom is 0.241 e. The molecule has 5 nitrogen and oxygen atoms in total. The van der Waals surface area contributed by atoms with Gasteiger partial charge < -0.3 is 5.32 Å². The summed E-state index contributed by atoms with van der Waals surface area (Å²) in [6.45, 7) is 7.40. The summed E-state index contributed by atoms with van der Waals surface area (Å²) in [6.07, 6.45) is 4.04. The third-order valence-electron chi connectivity index (χ3n) is 4.75. The lowest BCUT2D eigenvalue weighted by molar-refractivity contribution is -0.122. The maximum absolute atomic E-state index is 12.6. The van der Waals surface area contributed by atoms with Gasteiger partial charge in [0.15, 0.2) is 9.84 Å². The van der Waals surface area contributed by atoms with Crippen molar-refractivity contribution in [1.82, 2.24) is 4.90 Å². The van der Waals surface area contributed by atoms with E-state index in [0.29, 0.717) is 5.69 Å². The number of rotatable bonds is 5. The number of benzene rings is 1. The Kier molecular flexibility index (Phi) is 5.16. The first kappa shape index (κ1) is 17.9. The van der Waals surface area contributed by atoms with Gasteiger partial charge >= 0.3 is 0 Å². The SMILES string of the molecule is CCC(C)(C)N1CCCC1C(=O)Nc1ccc(S(C)(=O)=O)cc1. The zero-order valence-electron chi connectivity index (χ0n) is 14.3. The van der Waals surface area contributed by atoms with Crippen molar-refractivity contribution >= 4 is 21.4 Å². The van der Waals surface area contributed by atoms with Crippen molar-refractivity contribution in [3.8, 4) is 0 Å². The predicted octanol–water partition coefficient (Wildman–Crippen LogP) is 2.68. The van der Waals surface area contributed by atoms with E-state index in [1.54, 1.807) is 12.1 Å². The Labute approximate surface area is 139 Å². The van der Waals surface area contributed by atoms with Crippen LogP contribution in [0.4, 0.5) is 5.69 Å². The minimum Gasteiger partial charge on any atom is -0.325 e. The smallest absolute Gasteiger partial charge is 0.241 e. The molecule has 2 rings (SSSR count). The second-order valence-electron chi connectivity index (χ2n) is 6.80. The summed E-state index contributed by atoms with van der Waals surface area (Å²) in [4.78, 5) is 15.1. The first-order chi connectivity index (χ1) is 10.6. The quantitative estimate of drug-likeness (QED) is 0.896. The van der Waals surface area contributed by atoms with Crippen molar-refractivity contribution in [2.24, 2.45) is 0 Å². The highest BCUT2D eigenvalue weighted by Crippen LogP contribution is 2.29. The Bertz CT molecular complexity index is 666. The minimum absolute atomic E-state index is 0.00134. The fourth-order valence-corrected chi connectivity index (χ4v) is 3.61. The molecular formula is C17H26N2O3S. The Morgan fingerprint density at radius 2 is 1.91 bits per heavy atom. The molecule has 1 atom stereocenters. The van der Waals surface area contributed by atoms with Gasteiger partial charge in [0.2, 0.25) is 5.91 Å². The Hall–Kier alpha value is -1.40. The van der Waals surface area contributed by atoms with E-state index in [0.717, 1.165) is 25.8 Å². The van der Waals surface area contributed by atoms with Crippen molar-refractivity contribution in [2.75, 3.05) is 18.1 Å². The molecule has 0 aromatic heterocycles. The molecule has 0 aliphatic carbocycles. The van der Waals surface area contributed by atoms with Gasteiger partial charge in [-0.1, -0.05) is 6.92 Å². The standard InChI is InChI=1S/C17H26N2O3S/c1-5-17(2,3)19-12-6-7-15(19)16(20)18-13-8-10-14(11-9-13)23(4,21)22/h8-11,15H,5-7,12H2,1-4H3,(H,18,20). The molecule has 1 fully saturated rings. The average molecular weight is 338 g/mol. The van der Waals surface area contributed by atoms with Crippen LogP contribution in [-0.4, -0.2) is 43.6 Å². The van der Waals surface area contributed by atoms with Crippen LogP contribution in [0.1, 0.15) is 40.0 Å². The Morgan fingerprint density at radius 3 is 2.43 bits per heavy atom. The molecule has 23 heavy (non-hydrogen) atoms. The topological polar surface area (TPSA) is 66.5 Å². The molecule has 1 aromatic carbocycles. The number of hydrogen-bond acceptors (Lipinski definition) is 4. The molecule has 1 heterocycles. The van der Waals surface area contributed by atoms with Crippen LogP contribution in [0, 0.1) is 0 Å². The Balaban J connectivity index is 2.10. The van der Waals surface area contributed by atoms with Gasteiger partial charge in [0.25, 0.3) is 0 Å². The summed E-state index contributed by atoms with van der Waals surface area (Å²) in [5.41, 5.74) is 0.627.